The molecule has 0 saturated heterocycles. The third-order valence-electron chi connectivity index (χ3n) is 5.56. The van der Waals surface area contributed by atoms with Crippen LogP contribution >= 0.6 is 11.3 Å². The summed E-state index contributed by atoms with van der Waals surface area (Å²) in [7, 11) is 2.07. The fraction of sp³-hybridized carbons (Fsp3) is 0.214. The van der Waals surface area contributed by atoms with Crippen molar-refractivity contribution < 1.29 is 14.6 Å². The number of rotatable bonds is 10. The predicted octanol–water partition coefficient (Wildman–Crippen LogP) is 6.35. The molecule has 34 heavy (non-hydrogen) atoms. The quantitative estimate of drug-likeness (QED) is 0.291. The maximum atomic E-state index is 10.7. The van der Waals surface area contributed by atoms with Crippen LogP contribution in [-0.2, 0) is 24.4 Å². The van der Waals surface area contributed by atoms with Crippen LogP contribution in [0.2, 0.25) is 0 Å². The molecular formula is C28H28N2O3S. The number of hydrogen-bond acceptors (Lipinski definition) is 5. The molecule has 4 aromatic rings. The average molecular weight is 473 g/mol. The van der Waals surface area contributed by atoms with Gasteiger partial charge < -0.3 is 14.7 Å². The normalized spacial score (nSPS) is 10.8. The van der Waals surface area contributed by atoms with E-state index in [-0.39, 0.29) is 6.42 Å². The highest BCUT2D eigenvalue weighted by Crippen LogP contribution is 2.32. The van der Waals surface area contributed by atoms with E-state index in [4.69, 9.17) is 14.8 Å². The van der Waals surface area contributed by atoms with Gasteiger partial charge in [-0.1, -0.05) is 66.7 Å². The minimum atomic E-state index is -0.784. The largest absolute Gasteiger partial charge is 0.489 e. The molecule has 5 nitrogen and oxygen atoms in total. The molecule has 0 aliphatic heterocycles. The SMILES string of the molecule is Cc1sc(N(C)Cc2ccc(COc3ccc(CCC(=O)O)cc3)cc2)nc1-c1ccccc1. The first-order valence-corrected chi connectivity index (χ1v) is 12.0. The number of aryl methyl sites for hydroxylation is 2. The summed E-state index contributed by atoms with van der Waals surface area (Å²) in [6.07, 6.45) is 0.664. The fourth-order valence-corrected chi connectivity index (χ4v) is 4.55. The zero-order chi connectivity index (χ0) is 23.9. The van der Waals surface area contributed by atoms with Gasteiger partial charge >= 0.3 is 5.97 Å². The summed E-state index contributed by atoms with van der Waals surface area (Å²) in [6.45, 7) is 3.38. The number of carboxylic acid groups (broad SMARTS) is 1. The van der Waals surface area contributed by atoms with Crippen LogP contribution in [-0.4, -0.2) is 23.1 Å². The second-order valence-corrected chi connectivity index (χ2v) is 9.45. The summed E-state index contributed by atoms with van der Waals surface area (Å²) >= 11 is 1.72. The minimum absolute atomic E-state index is 0.137. The summed E-state index contributed by atoms with van der Waals surface area (Å²) in [5.41, 5.74) is 5.50. The predicted molar refractivity (Wildman–Crippen MR) is 138 cm³/mol. The Bertz CT molecular complexity index is 1220. The first-order chi connectivity index (χ1) is 16.5. The molecule has 0 radical (unpaired) electrons. The Morgan fingerprint density at radius 3 is 2.26 bits per heavy atom. The first kappa shape index (κ1) is 23.5. The van der Waals surface area contributed by atoms with Gasteiger partial charge in [0.05, 0.1) is 5.69 Å². The molecular weight excluding hydrogens is 444 g/mol. The Balaban J connectivity index is 1.31. The van der Waals surface area contributed by atoms with Gasteiger partial charge in [-0.05, 0) is 42.2 Å². The monoisotopic (exact) mass is 472 g/mol. The van der Waals surface area contributed by atoms with E-state index in [2.05, 4.69) is 55.3 Å². The van der Waals surface area contributed by atoms with Crippen molar-refractivity contribution in [3.05, 3.63) is 100 Å². The molecule has 1 N–H and O–H groups in total. The van der Waals surface area contributed by atoms with Gasteiger partial charge in [-0.2, -0.15) is 0 Å². The average Bonchev–Trinajstić information content (AvgIpc) is 3.25. The van der Waals surface area contributed by atoms with Crippen LogP contribution in [0.4, 0.5) is 5.13 Å². The second kappa shape index (κ2) is 11.0. The van der Waals surface area contributed by atoms with Crippen molar-refractivity contribution in [2.45, 2.75) is 32.9 Å². The number of benzene rings is 3. The van der Waals surface area contributed by atoms with Gasteiger partial charge in [0.1, 0.15) is 12.4 Å². The number of nitrogens with zero attached hydrogens (tertiary/aromatic N) is 2. The lowest BCUT2D eigenvalue weighted by Crippen LogP contribution is -2.16. The number of carboxylic acids is 1. The van der Waals surface area contributed by atoms with E-state index in [1.54, 1.807) is 11.3 Å². The third kappa shape index (κ3) is 6.23. The van der Waals surface area contributed by atoms with Gasteiger partial charge in [-0.3, -0.25) is 4.79 Å². The lowest BCUT2D eigenvalue weighted by Gasteiger charge is -2.16. The van der Waals surface area contributed by atoms with Gasteiger partial charge in [0, 0.05) is 30.5 Å². The number of ether oxygens (including phenoxy) is 1. The van der Waals surface area contributed by atoms with E-state index in [9.17, 15) is 4.79 Å². The molecule has 4 rings (SSSR count). The van der Waals surface area contributed by atoms with Crippen LogP contribution in [0, 0.1) is 6.92 Å². The van der Waals surface area contributed by atoms with Gasteiger partial charge in [0.15, 0.2) is 5.13 Å². The molecule has 3 aromatic carbocycles. The summed E-state index contributed by atoms with van der Waals surface area (Å²) in [5, 5.41) is 9.80. The van der Waals surface area contributed by atoms with Crippen molar-refractivity contribution in [3.63, 3.8) is 0 Å². The zero-order valence-corrected chi connectivity index (χ0v) is 20.2. The van der Waals surface area contributed by atoms with Crippen molar-refractivity contribution in [2.75, 3.05) is 11.9 Å². The van der Waals surface area contributed by atoms with Crippen LogP contribution in [0.3, 0.4) is 0 Å². The Morgan fingerprint density at radius 1 is 0.941 bits per heavy atom. The van der Waals surface area contributed by atoms with E-state index in [1.807, 2.05) is 42.5 Å². The topological polar surface area (TPSA) is 62.7 Å². The van der Waals surface area contributed by atoms with E-state index in [0.717, 1.165) is 39.8 Å². The van der Waals surface area contributed by atoms with Crippen molar-refractivity contribution in [2.24, 2.45) is 0 Å². The summed E-state index contributed by atoms with van der Waals surface area (Å²) in [5.74, 6) is -0.00934. The molecule has 1 aromatic heterocycles. The highest BCUT2D eigenvalue weighted by atomic mass is 32.1. The van der Waals surface area contributed by atoms with E-state index >= 15 is 0 Å². The number of carbonyl (C=O) groups is 1. The molecule has 6 heteroatoms. The third-order valence-corrected chi connectivity index (χ3v) is 6.64. The summed E-state index contributed by atoms with van der Waals surface area (Å²) < 4.78 is 5.89. The molecule has 0 aliphatic carbocycles. The number of aliphatic carboxylic acids is 1. The number of thiazole rings is 1. The zero-order valence-electron chi connectivity index (χ0n) is 19.4. The smallest absolute Gasteiger partial charge is 0.303 e. The number of anilines is 1. The highest BCUT2D eigenvalue weighted by Gasteiger charge is 2.13. The maximum absolute atomic E-state index is 10.7. The highest BCUT2D eigenvalue weighted by molar-refractivity contribution is 7.16. The van der Waals surface area contributed by atoms with Crippen molar-refractivity contribution in [1.29, 1.82) is 0 Å². The molecule has 0 bridgehead atoms. The standard InChI is InChI=1S/C28H28N2O3S/c1-20-27(24-6-4-3-5-7-24)29-28(34-20)30(2)18-22-8-10-23(11-9-22)19-33-25-15-12-21(13-16-25)14-17-26(31)32/h3-13,15-16H,14,17-19H2,1-2H3,(H,31,32). The molecule has 0 amide bonds. The van der Waals surface area contributed by atoms with Crippen molar-refractivity contribution >= 4 is 22.4 Å². The molecule has 0 fully saturated rings. The van der Waals surface area contributed by atoms with Crippen LogP contribution in [0.5, 0.6) is 5.75 Å². The van der Waals surface area contributed by atoms with E-state index < -0.39 is 5.97 Å². The minimum Gasteiger partial charge on any atom is -0.489 e. The molecule has 174 valence electrons. The lowest BCUT2D eigenvalue weighted by atomic mass is 10.1. The second-order valence-electron chi connectivity index (χ2n) is 8.27. The molecule has 0 atom stereocenters. The first-order valence-electron chi connectivity index (χ1n) is 11.2. The summed E-state index contributed by atoms with van der Waals surface area (Å²) in [4.78, 5) is 19.0. The van der Waals surface area contributed by atoms with Gasteiger partial charge in [-0.25, -0.2) is 4.98 Å². The van der Waals surface area contributed by atoms with Gasteiger partial charge in [-0.15, -0.1) is 11.3 Å². The molecule has 0 spiro atoms. The van der Waals surface area contributed by atoms with Crippen LogP contribution < -0.4 is 9.64 Å². The van der Waals surface area contributed by atoms with Crippen LogP contribution in [0.15, 0.2) is 78.9 Å². The number of aromatic nitrogens is 1. The van der Waals surface area contributed by atoms with E-state index in [1.165, 1.54) is 10.4 Å². The molecule has 0 saturated carbocycles. The Morgan fingerprint density at radius 2 is 1.59 bits per heavy atom. The van der Waals surface area contributed by atoms with Crippen molar-refractivity contribution in [1.82, 2.24) is 4.98 Å². The summed E-state index contributed by atoms with van der Waals surface area (Å²) in [6, 6.07) is 26.3. The van der Waals surface area contributed by atoms with E-state index in [0.29, 0.717) is 13.0 Å². The molecule has 0 unspecified atom stereocenters. The van der Waals surface area contributed by atoms with Crippen LogP contribution in [0.1, 0.15) is 28.0 Å². The van der Waals surface area contributed by atoms with Gasteiger partial charge in [0.25, 0.3) is 0 Å². The maximum Gasteiger partial charge on any atom is 0.303 e. The Kier molecular flexibility index (Phi) is 7.60. The molecule has 1 heterocycles. The Hall–Kier alpha value is -3.64. The molecule has 0 aliphatic rings. The van der Waals surface area contributed by atoms with Crippen LogP contribution in [0.25, 0.3) is 11.3 Å². The fourth-order valence-electron chi connectivity index (χ4n) is 3.66. The number of hydrogen-bond donors (Lipinski definition) is 1. The lowest BCUT2D eigenvalue weighted by molar-refractivity contribution is -0.136. The Labute approximate surface area is 204 Å². The van der Waals surface area contributed by atoms with Gasteiger partial charge in [0.2, 0.25) is 0 Å². The van der Waals surface area contributed by atoms with Crippen molar-refractivity contribution in [3.8, 4) is 17.0 Å².